The molecule has 0 bridgehead atoms. The molecule has 2 aromatic carbocycles. The number of hydrogen-bond donors (Lipinski definition) is 1. The summed E-state index contributed by atoms with van der Waals surface area (Å²) in [6, 6.07) is 15.0. The van der Waals surface area contributed by atoms with E-state index in [0.29, 0.717) is 12.2 Å². The maximum Gasteiger partial charge on any atom is 0.338 e. The van der Waals surface area contributed by atoms with Gasteiger partial charge in [-0.2, -0.15) is 0 Å². The Labute approximate surface area is 146 Å². The number of nitrogens with one attached hydrogen (secondary N) is 1. The Morgan fingerprint density at radius 1 is 1.16 bits per heavy atom. The van der Waals surface area contributed by atoms with Crippen molar-refractivity contribution in [2.75, 3.05) is 19.0 Å². The van der Waals surface area contributed by atoms with Gasteiger partial charge in [-0.15, -0.1) is 0 Å². The van der Waals surface area contributed by atoms with Gasteiger partial charge in [-0.1, -0.05) is 6.07 Å². The van der Waals surface area contributed by atoms with Gasteiger partial charge < -0.3 is 14.8 Å². The first-order valence-corrected chi connectivity index (χ1v) is 8.10. The smallest absolute Gasteiger partial charge is 0.338 e. The Balaban J connectivity index is 2.00. The summed E-state index contributed by atoms with van der Waals surface area (Å²) in [5.41, 5.74) is 4.01. The molecule has 5 nitrogen and oxygen atoms in total. The number of fused-ring (bicyclic) bond motifs is 1. The van der Waals surface area contributed by atoms with Crippen molar-refractivity contribution in [2.24, 2.45) is 0 Å². The summed E-state index contributed by atoms with van der Waals surface area (Å²) >= 11 is 0. The van der Waals surface area contributed by atoms with Crippen molar-refractivity contribution < 1.29 is 14.3 Å². The van der Waals surface area contributed by atoms with Gasteiger partial charge in [-0.25, -0.2) is 4.79 Å². The lowest BCUT2D eigenvalue weighted by atomic mass is 10.1. The van der Waals surface area contributed by atoms with Gasteiger partial charge >= 0.3 is 5.97 Å². The topological polar surface area (TPSA) is 60.5 Å². The van der Waals surface area contributed by atoms with Gasteiger partial charge in [0.1, 0.15) is 5.75 Å². The summed E-state index contributed by atoms with van der Waals surface area (Å²) < 4.78 is 10.4. The zero-order chi connectivity index (χ0) is 17.8. The van der Waals surface area contributed by atoms with Crippen LogP contribution in [0.3, 0.4) is 0 Å². The van der Waals surface area contributed by atoms with E-state index in [-0.39, 0.29) is 5.97 Å². The second kappa shape index (κ2) is 7.21. The maximum absolute atomic E-state index is 11.9. The molecular formula is C20H20N2O3. The van der Waals surface area contributed by atoms with E-state index in [0.717, 1.165) is 33.7 Å². The SMILES string of the molecule is CCOC(=O)c1cccc(Nc2cc(C)nc3ccc(OC)cc23)c1. The predicted molar refractivity (Wildman–Crippen MR) is 98.7 cm³/mol. The molecule has 1 heterocycles. The van der Waals surface area contributed by atoms with Crippen LogP contribution >= 0.6 is 0 Å². The Bertz CT molecular complexity index is 922. The number of esters is 1. The molecule has 0 saturated carbocycles. The normalized spacial score (nSPS) is 10.5. The average Bonchev–Trinajstić information content (AvgIpc) is 2.62. The molecule has 1 aromatic heterocycles. The molecule has 0 saturated heterocycles. The lowest BCUT2D eigenvalue weighted by Gasteiger charge is -2.12. The predicted octanol–water partition coefficient (Wildman–Crippen LogP) is 4.47. The van der Waals surface area contributed by atoms with Crippen LogP contribution in [0.15, 0.2) is 48.5 Å². The van der Waals surface area contributed by atoms with Gasteiger partial charge in [-0.3, -0.25) is 4.98 Å². The van der Waals surface area contributed by atoms with E-state index >= 15 is 0 Å². The minimum atomic E-state index is -0.330. The van der Waals surface area contributed by atoms with Gasteiger partial charge in [0.05, 0.1) is 24.8 Å². The first kappa shape index (κ1) is 16.8. The number of pyridine rings is 1. The van der Waals surface area contributed by atoms with Crippen LogP contribution in [0.1, 0.15) is 23.0 Å². The molecule has 0 fully saturated rings. The third-order valence-corrected chi connectivity index (χ3v) is 3.80. The largest absolute Gasteiger partial charge is 0.497 e. The van der Waals surface area contributed by atoms with Crippen molar-refractivity contribution in [1.29, 1.82) is 0 Å². The summed E-state index contributed by atoms with van der Waals surface area (Å²) in [6.45, 7) is 4.09. The highest BCUT2D eigenvalue weighted by molar-refractivity contribution is 5.95. The molecule has 0 spiro atoms. The van der Waals surface area contributed by atoms with E-state index < -0.39 is 0 Å². The van der Waals surface area contributed by atoms with Crippen molar-refractivity contribution >= 4 is 28.2 Å². The summed E-state index contributed by atoms with van der Waals surface area (Å²) in [4.78, 5) is 16.5. The molecule has 3 rings (SSSR count). The number of ether oxygens (including phenoxy) is 2. The quantitative estimate of drug-likeness (QED) is 0.697. The molecule has 1 N–H and O–H groups in total. The number of nitrogens with zero attached hydrogens (tertiary/aromatic N) is 1. The molecule has 0 unspecified atom stereocenters. The number of carbonyl (C=O) groups excluding carboxylic acids is 1. The van der Waals surface area contributed by atoms with Gasteiger partial charge in [0.2, 0.25) is 0 Å². The van der Waals surface area contributed by atoms with Crippen molar-refractivity contribution in [3.8, 4) is 5.75 Å². The minimum absolute atomic E-state index is 0.330. The fourth-order valence-corrected chi connectivity index (χ4v) is 2.66. The fourth-order valence-electron chi connectivity index (χ4n) is 2.66. The second-order valence-electron chi connectivity index (χ2n) is 5.62. The van der Waals surface area contributed by atoms with Crippen LogP contribution in [0.5, 0.6) is 5.75 Å². The minimum Gasteiger partial charge on any atom is -0.497 e. The van der Waals surface area contributed by atoms with Crippen LogP contribution < -0.4 is 10.1 Å². The summed E-state index contributed by atoms with van der Waals surface area (Å²) in [7, 11) is 1.64. The molecule has 25 heavy (non-hydrogen) atoms. The summed E-state index contributed by atoms with van der Waals surface area (Å²) in [6.07, 6.45) is 0. The van der Waals surface area contributed by atoms with Gasteiger partial charge in [-0.05, 0) is 56.3 Å². The van der Waals surface area contributed by atoms with E-state index in [1.165, 1.54) is 0 Å². The molecule has 0 amide bonds. The van der Waals surface area contributed by atoms with E-state index in [2.05, 4.69) is 10.3 Å². The van der Waals surface area contributed by atoms with Gasteiger partial charge in [0, 0.05) is 22.5 Å². The molecule has 0 aliphatic heterocycles. The van der Waals surface area contributed by atoms with Crippen LogP contribution in [0, 0.1) is 6.92 Å². The van der Waals surface area contributed by atoms with Crippen molar-refractivity contribution in [3.63, 3.8) is 0 Å². The standard InChI is InChI=1S/C20H20N2O3/c1-4-25-20(23)14-6-5-7-15(11-14)22-19-10-13(2)21-18-9-8-16(24-3)12-17(18)19/h5-12H,4H2,1-3H3,(H,21,22). The monoisotopic (exact) mass is 336 g/mol. The lowest BCUT2D eigenvalue weighted by Crippen LogP contribution is -2.05. The molecule has 0 atom stereocenters. The lowest BCUT2D eigenvalue weighted by molar-refractivity contribution is 0.0526. The van der Waals surface area contributed by atoms with E-state index in [1.807, 2.05) is 43.3 Å². The Hall–Kier alpha value is -3.08. The highest BCUT2D eigenvalue weighted by atomic mass is 16.5. The van der Waals surface area contributed by atoms with Crippen LogP contribution in [-0.2, 0) is 4.74 Å². The number of methoxy groups -OCH3 is 1. The maximum atomic E-state index is 11.9. The van der Waals surface area contributed by atoms with Crippen molar-refractivity contribution in [2.45, 2.75) is 13.8 Å². The average molecular weight is 336 g/mol. The molecule has 0 aliphatic rings. The van der Waals surface area contributed by atoms with Crippen molar-refractivity contribution in [3.05, 3.63) is 59.8 Å². The first-order chi connectivity index (χ1) is 12.1. The van der Waals surface area contributed by atoms with E-state index in [1.54, 1.807) is 26.2 Å². The van der Waals surface area contributed by atoms with E-state index in [9.17, 15) is 4.79 Å². The highest BCUT2D eigenvalue weighted by Crippen LogP contribution is 2.29. The number of hydrogen-bond acceptors (Lipinski definition) is 5. The third-order valence-electron chi connectivity index (χ3n) is 3.80. The first-order valence-electron chi connectivity index (χ1n) is 8.10. The van der Waals surface area contributed by atoms with Crippen LogP contribution in [0.25, 0.3) is 10.9 Å². The summed E-state index contributed by atoms with van der Waals surface area (Å²) in [5, 5.41) is 4.32. The number of anilines is 2. The molecule has 5 heteroatoms. The number of aryl methyl sites for hydroxylation is 1. The van der Waals surface area contributed by atoms with Gasteiger partial charge in [0.15, 0.2) is 0 Å². The van der Waals surface area contributed by atoms with Crippen LogP contribution in [-0.4, -0.2) is 24.7 Å². The van der Waals surface area contributed by atoms with E-state index in [4.69, 9.17) is 9.47 Å². The molecule has 0 aliphatic carbocycles. The van der Waals surface area contributed by atoms with Crippen LogP contribution in [0.2, 0.25) is 0 Å². The Kier molecular flexibility index (Phi) is 4.84. The Morgan fingerprint density at radius 3 is 2.76 bits per heavy atom. The molecule has 3 aromatic rings. The van der Waals surface area contributed by atoms with Gasteiger partial charge in [0.25, 0.3) is 0 Å². The fraction of sp³-hybridized carbons (Fsp3) is 0.200. The number of benzene rings is 2. The third kappa shape index (κ3) is 3.71. The summed E-state index contributed by atoms with van der Waals surface area (Å²) in [5.74, 6) is 0.435. The number of rotatable bonds is 5. The zero-order valence-corrected chi connectivity index (χ0v) is 14.5. The highest BCUT2D eigenvalue weighted by Gasteiger charge is 2.09. The zero-order valence-electron chi connectivity index (χ0n) is 14.5. The number of aromatic nitrogens is 1. The second-order valence-corrected chi connectivity index (χ2v) is 5.62. The van der Waals surface area contributed by atoms with Crippen LogP contribution in [0.4, 0.5) is 11.4 Å². The number of carbonyl (C=O) groups is 1. The Morgan fingerprint density at radius 2 is 2.00 bits per heavy atom. The van der Waals surface area contributed by atoms with Crippen molar-refractivity contribution in [1.82, 2.24) is 4.98 Å². The molecule has 128 valence electrons. The molecule has 0 radical (unpaired) electrons. The molecular weight excluding hydrogens is 316 g/mol.